The number of carbonyl (C=O) groups excluding carboxylic acids is 3. The van der Waals surface area contributed by atoms with E-state index in [1.165, 1.54) is 0 Å². The summed E-state index contributed by atoms with van der Waals surface area (Å²) in [7, 11) is 0. The van der Waals surface area contributed by atoms with Gasteiger partial charge in [0.1, 0.15) is 0 Å². The first-order valence-electron chi connectivity index (χ1n) is 6.86. The van der Waals surface area contributed by atoms with Crippen LogP contribution in [-0.4, -0.2) is 54.0 Å². The van der Waals surface area contributed by atoms with Gasteiger partial charge in [-0.15, -0.1) is 0 Å². The number of rotatable bonds is 4. The van der Waals surface area contributed by atoms with Crippen LogP contribution in [0.5, 0.6) is 0 Å². The Bertz CT molecular complexity index is 458. The van der Waals surface area contributed by atoms with Gasteiger partial charge in [0.2, 0.25) is 11.8 Å². The van der Waals surface area contributed by atoms with E-state index in [1.54, 1.807) is 10.2 Å². The predicted molar refractivity (Wildman–Crippen MR) is 71.6 cm³/mol. The highest BCUT2D eigenvalue weighted by Gasteiger charge is 2.40. The summed E-state index contributed by atoms with van der Waals surface area (Å²) in [4.78, 5) is 35.9. The molecule has 6 nitrogen and oxygen atoms in total. The standard InChI is InChI=1S/C13H20F3N3O3/c1-12(2,3)19-7-8(6-9(19)20)10(21)17-4-5-18-11(22)13(14,15)16/h8H,4-7H2,1-3H3,(H,17,21)(H,18,22). The van der Waals surface area contributed by atoms with Gasteiger partial charge in [0.25, 0.3) is 0 Å². The van der Waals surface area contributed by atoms with Gasteiger partial charge in [-0.2, -0.15) is 13.2 Å². The van der Waals surface area contributed by atoms with E-state index in [0.29, 0.717) is 0 Å². The third-order valence-corrected chi connectivity index (χ3v) is 3.27. The second-order valence-corrected chi connectivity index (χ2v) is 6.12. The predicted octanol–water partition coefficient (Wildman–Crippen LogP) is 0.428. The number of carbonyl (C=O) groups is 3. The second kappa shape index (κ2) is 6.53. The van der Waals surface area contributed by atoms with Gasteiger partial charge < -0.3 is 15.5 Å². The Labute approximate surface area is 126 Å². The SMILES string of the molecule is CC(C)(C)N1CC(C(=O)NCCNC(=O)C(F)(F)F)CC1=O. The lowest BCUT2D eigenvalue weighted by Crippen LogP contribution is -2.44. The van der Waals surface area contributed by atoms with E-state index >= 15 is 0 Å². The van der Waals surface area contributed by atoms with Crippen molar-refractivity contribution in [2.45, 2.75) is 38.9 Å². The number of hydrogen-bond donors (Lipinski definition) is 2. The number of alkyl halides is 3. The molecular weight excluding hydrogens is 303 g/mol. The molecule has 1 aliphatic heterocycles. The molecule has 1 fully saturated rings. The summed E-state index contributed by atoms with van der Waals surface area (Å²) in [6, 6.07) is 0. The van der Waals surface area contributed by atoms with Gasteiger partial charge in [-0.3, -0.25) is 14.4 Å². The molecule has 1 rings (SSSR count). The normalized spacial score (nSPS) is 19.3. The minimum atomic E-state index is -4.94. The molecule has 9 heteroatoms. The molecule has 1 atom stereocenters. The van der Waals surface area contributed by atoms with Gasteiger partial charge in [0.15, 0.2) is 0 Å². The zero-order valence-corrected chi connectivity index (χ0v) is 12.7. The van der Waals surface area contributed by atoms with E-state index in [1.807, 2.05) is 20.8 Å². The fraction of sp³-hybridized carbons (Fsp3) is 0.769. The zero-order chi connectivity index (χ0) is 17.1. The summed E-state index contributed by atoms with van der Waals surface area (Å²) in [5.41, 5.74) is -0.382. The van der Waals surface area contributed by atoms with Crippen LogP contribution in [0, 0.1) is 5.92 Å². The third-order valence-electron chi connectivity index (χ3n) is 3.27. The van der Waals surface area contributed by atoms with Crippen molar-refractivity contribution in [2.75, 3.05) is 19.6 Å². The molecule has 0 aromatic carbocycles. The minimum absolute atomic E-state index is 0.0814. The molecule has 0 radical (unpaired) electrons. The largest absolute Gasteiger partial charge is 0.471 e. The average Bonchev–Trinajstić information content (AvgIpc) is 2.75. The Morgan fingerprint density at radius 1 is 1.18 bits per heavy atom. The highest BCUT2D eigenvalue weighted by Crippen LogP contribution is 2.25. The lowest BCUT2D eigenvalue weighted by atomic mass is 10.1. The van der Waals surface area contributed by atoms with Gasteiger partial charge in [0.05, 0.1) is 5.92 Å². The summed E-state index contributed by atoms with van der Waals surface area (Å²) in [5.74, 6) is -3.10. The number of amides is 3. The van der Waals surface area contributed by atoms with E-state index in [0.717, 1.165) is 0 Å². The lowest BCUT2D eigenvalue weighted by molar-refractivity contribution is -0.173. The molecule has 1 heterocycles. The first kappa shape index (κ1) is 18.2. The fourth-order valence-electron chi connectivity index (χ4n) is 2.14. The van der Waals surface area contributed by atoms with Gasteiger partial charge in [-0.25, -0.2) is 0 Å². The van der Waals surface area contributed by atoms with Crippen molar-refractivity contribution < 1.29 is 27.6 Å². The van der Waals surface area contributed by atoms with E-state index < -0.39 is 23.9 Å². The zero-order valence-electron chi connectivity index (χ0n) is 12.7. The molecule has 22 heavy (non-hydrogen) atoms. The van der Waals surface area contributed by atoms with Crippen LogP contribution in [0.1, 0.15) is 27.2 Å². The molecule has 3 amide bonds. The van der Waals surface area contributed by atoms with E-state index in [9.17, 15) is 27.6 Å². The smallest absolute Gasteiger partial charge is 0.354 e. The van der Waals surface area contributed by atoms with Crippen LogP contribution >= 0.6 is 0 Å². The highest BCUT2D eigenvalue weighted by atomic mass is 19.4. The van der Waals surface area contributed by atoms with Crippen LogP contribution in [0.3, 0.4) is 0 Å². The average molecular weight is 323 g/mol. The first-order chi connectivity index (χ1) is 9.93. The lowest BCUT2D eigenvalue weighted by Gasteiger charge is -2.31. The van der Waals surface area contributed by atoms with Crippen molar-refractivity contribution in [1.29, 1.82) is 0 Å². The van der Waals surface area contributed by atoms with E-state index in [4.69, 9.17) is 0 Å². The van der Waals surface area contributed by atoms with Gasteiger partial charge in [-0.05, 0) is 20.8 Å². The molecule has 0 aromatic rings. The van der Waals surface area contributed by atoms with E-state index in [-0.39, 0.29) is 37.5 Å². The number of hydrogen-bond acceptors (Lipinski definition) is 3. The molecule has 126 valence electrons. The maximum atomic E-state index is 11.9. The van der Waals surface area contributed by atoms with Crippen molar-refractivity contribution in [3.63, 3.8) is 0 Å². The second-order valence-electron chi connectivity index (χ2n) is 6.12. The summed E-state index contributed by atoms with van der Waals surface area (Å²) >= 11 is 0. The van der Waals surface area contributed by atoms with Crippen LogP contribution in [0.15, 0.2) is 0 Å². The molecule has 1 saturated heterocycles. The summed E-state index contributed by atoms with van der Waals surface area (Å²) < 4.78 is 35.8. The van der Waals surface area contributed by atoms with Crippen LogP contribution in [0.25, 0.3) is 0 Å². The van der Waals surface area contributed by atoms with Crippen LogP contribution in [0.4, 0.5) is 13.2 Å². The quantitative estimate of drug-likeness (QED) is 0.737. The molecule has 1 unspecified atom stereocenters. The molecule has 0 bridgehead atoms. The molecule has 0 aromatic heterocycles. The van der Waals surface area contributed by atoms with E-state index in [2.05, 4.69) is 5.32 Å². The van der Waals surface area contributed by atoms with Crippen LogP contribution in [0.2, 0.25) is 0 Å². The first-order valence-corrected chi connectivity index (χ1v) is 6.86. The Morgan fingerprint density at radius 3 is 2.18 bits per heavy atom. The summed E-state index contributed by atoms with van der Waals surface area (Å²) in [6.45, 7) is 5.41. The summed E-state index contributed by atoms with van der Waals surface area (Å²) in [6.07, 6.45) is -4.85. The van der Waals surface area contributed by atoms with Crippen LogP contribution in [-0.2, 0) is 14.4 Å². The number of halogens is 3. The summed E-state index contributed by atoms with van der Waals surface area (Å²) in [5, 5.41) is 4.08. The maximum Gasteiger partial charge on any atom is 0.471 e. The molecule has 0 saturated carbocycles. The Hall–Kier alpha value is -1.80. The highest BCUT2D eigenvalue weighted by molar-refractivity contribution is 5.89. The Balaban J connectivity index is 2.36. The minimum Gasteiger partial charge on any atom is -0.354 e. The topological polar surface area (TPSA) is 78.5 Å². The van der Waals surface area contributed by atoms with Gasteiger partial charge in [0, 0.05) is 31.6 Å². The third kappa shape index (κ3) is 4.88. The number of likely N-dealkylation sites (tertiary alicyclic amines) is 1. The van der Waals surface area contributed by atoms with Crippen molar-refractivity contribution in [2.24, 2.45) is 5.92 Å². The number of nitrogens with one attached hydrogen (secondary N) is 2. The van der Waals surface area contributed by atoms with Crippen LogP contribution < -0.4 is 10.6 Å². The Kier molecular flexibility index (Phi) is 5.42. The van der Waals surface area contributed by atoms with Crippen molar-refractivity contribution in [1.82, 2.24) is 15.5 Å². The number of nitrogens with zero attached hydrogens (tertiary/aromatic N) is 1. The van der Waals surface area contributed by atoms with Gasteiger partial charge >= 0.3 is 12.1 Å². The van der Waals surface area contributed by atoms with Crippen molar-refractivity contribution in [3.05, 3.63) is 0 Å². The van der Waals surface area contributed by atoms with Gasteiger partial charge in [-0.1, -0.05) is 0 Å². The maximum absolute atomic E-state index is 11.9. The molecule has 1 aliphatic rings. The Morgan fingerprint density at radius 2 is 1.73 bits per heavy atom. The molecular formula is C13H20F3N3O3. The van der Waals surface area contributed by atoms with Crippen molar-refractivity contribution in [3.8, 4) is 0 Å². The fourth-order valence-corrected chi connectivity index (χ4v) is 2.14. The molecule has 0 spiro atoms. The molecule has 0 aliphatic carbocycles. The van der Waals surface area contributed by atoms with Crippen molar-refractivity contribution >= 4 is 17.7 Å². The monoisotopic (exact) mass is 323 g/mol. The molecule has 2 N–H and O–H groups in total.